The van der Waals surface area contributed by atoms with Crippen molar-refractivity contribution in [2.24, 2.45) is 0 Å². The van der Waals surface area contributed by atoms with Crippen molar-refractivity contribution in [3.63, 3.8) is 0 Å². The van der Waals surface area contributed by atoms with E-state index in [0.717, 1.165) is 30.9 Å². The number of piperidine rings is 1. The first-order valence-corrected chi connectivity index (χ1v) is 23.2. The normalized spacial score (nSPS) is 15.7. The van der Waals surface area contributed by atoms with Gasteiger partial charge >= 0.3 is 0 Å². The monoisotopic (exact) mass is 914 g/mol. The van der Waals surface area contributed by atoms with Crippen LogP contribution in [0.2, 0.25) is 0 Å². The van der Waals surface area contributed by atoms with Crippen LogP contribution in [0.3, 0.4) is 0 Å². The van der Waals surface area contributed by atoms with Gasteiger partial charge in [-0.1, -0.05) is 43.5 Å². The predicted molar refractivity (Wildman–Crippen MR) is 245 cm³/mol. The summed E-state index contributed by atoms with van der Waals surface area (Å²) in [5.74, 6) is -2.28. The lowest BCUT2D eigenvalue weighted by molar-refractivity contribution is -0.137. The predicted octanol–water partition coefficient (Wildman–Crippen LogP) is 6.29. The Balaban J connectivity index is 0.756. The lowest BCUT2D eigenvalue weighted by Gasteiger charge is -2.29. The molecule has 0 saturated carbocycles. The van der Waals surface area contributed by atoms with E-state index in [4.69, 9.17) is 5.73 Å². The molecule has 66 heavy (non-hydrogen) atoms. The van der Waals surface area contributed by atoms with Crippen LogP contribution in [0.5, 0.6) is 0 Å². The number of carbonyl (C=O) groups is 6. The number of unbranched alkanes of at least 4 members (excludes halogenated alkanes) is 4. The zero-order chi connectivity index (χ0) is 46.5. The number of rotatable bonds is 16. The minimum Gasteiger partial charge on any atom is -0.383 e. The SMILES string of the molecule is Nc1ncc(-c2ccc(S(=O)(=O)Nc3ccc(NC(=O)CCCCCCCC(=O)Nc4cccc5c4CN(C4CCC(=O)NC4=O)C5=O)cc3)cc2F)cc1-c1ccc2c(c1)CCNC2=O. The average Bonchev–Trinajstić information content (AvgIpc) is 3.63. The third-order valence-electron chi connectivity index (χ3n) is 11.9. The summed E-state index contributed by atoms with van der Waals surface area (Å²) in [5, 5.41) is 10.8. The number of aromatic nitrogens is 1. The van der Waals surface area contributed by atoms with E-state index in [-0.39, 0.29) is 83.7 Å². The van der Waals surface area contributed by atoms with Gasteiger partial charge in [0, 0.05) is 89.0 Å². The summed E-state index contributed by atoms with van der Waals surface area (Å²) in [5.41, 5.74) is 11.7. The molecule has 7 N–H and O–H groups in total. The van der Waals surface area contributed by atoms with Gasteiger partial charge in [0.2, 0.25) is 23.6 Å². The number of nitrogens with two attached hydrogens (primary N) is 1. The highest BCUT2D eigenvalue weighted by molar-refractivity contribution is 7.92. The number of halogens is 1. The Hall–Kier alpha value is -7.47. The fourth-order valence-electron chi connectivity index (χ4n) is 8.42. The number of nitrogen functional groups attached to an aromatic ring is 1. The highest BCUT2D eigenvalue weighted by atomic mass is 32.2. The quantitative estimate of drug-likeness (QED) is 0.0478. The van der Waals surface area contributed by atoms with Gasteiger partial charge < -0.3 is 26.6 Å². The second-order valence-electron chi connectivity index (χ2n) is 16.5. The Morgan fingerprint density at radius 2 is 1.48 bits per heavy atom. The molecule has 1 aromatic heterocycles. The topological polar surface area (TPSA) is 239 Å². The summed E-state index contributed by atoms with van der Waals surface area (Å²) < 4.78 is 44.6. The average molecular weight is 915 g/mol. The molecule has 0 spiro atoms. The molecule has 3 aliphatic rings. The van der Waals surface area contributed by atoms with E-state index < -0.39 is 27.8 Å². The molecular weight excluding hydrogens is 868 g/mol. The van der Waals surface area contributed by atoms with Crippen LogP contribution < -0.4 is 31.7 Å². The van der Waals surface area contributed by atoms with Gasteiger partial charge in [-0.15, -0.1) is 0 Å². The fourth-order valence-corrected chi connectivity index (χ4v) is 9.49. The van der Waals surface area contributed by atoms with E-state index in [2.05, 4.69) is 31.0 Å². The van der Waals surface area contributed by atoms with Crippen molar-refractivity contribution in [2.75, 3.05) is 27.6 Å². The summed E-state index contributed by atoms with van der Waals surface area (Å²) in [4.78, 5) is 80.1. The number of nitrogens with one attached hydrogen (secondary N) is 5. The van der Waals surface area contributed by atoms with Crippen LogP contribution in [0.25, 0.3) is 22.3 Å². The molecule has 1 atom stereocenters. The molecule has 340 valence electrons. The Kier molecular flexibility index (Phi) is 13.2. The summed E-state index contributed by atoms with van der Waals surface area (Å²) in [6, 6.07) is 21.0. The first-order valence-electron chi connectivity index (χ1n) is 21.7. The van der Waals surface area contributed by atoms with E-state index in [1.807, 2.05) is 6.07 Å². The number of hydrogen-bond acceptors (Lipinski definition) is 10. The van der Waals surface area contributed by atoms with E-state index in [9.17, 15) is 37.2 Å². The van der Waals surface area contributed by atoms with Gasteiger partial charge in [-0.05, 0) is 97.5 Å². The number of carbonyl (C=O) groups excluding carboxylic acids is 6. The number of sulfonamides is 1. The first-order chi connectivity index (χ1) is 31.7. The van der Waals surface area contributed by atoms with Gasteiger partial charge in [0.25, 0.3) is 21.8 Å². The summed E-state index contributed by atoms with van der Waals surface area (Å²) in [7, 11) is -4.20. The third kappa shape index (κ3) is 10.1. The molecule has 16 nitrogen and oxygen atoms in total. The van der Waals surface area contributed by atoms with Crippen LogP contribution in [0.1, 0.15) is 89.6 Å². The number of nitrogens with zero attached hydrogens (tertiary/aromatic N) is 2. The third-order valence-corrected chi connectivity index (χ3v) is 13.3. The van der Waals surface area contributed by atoms with Crippen molar-refractivity contribution in [1.29, 1.82) is 0 Å². The fraction of sp³-hybridized carbons (Fsp3) is 0.271. The van der Waals surface area contributed by atoms with Gasteiger partial charge in [0.15, 0.2) is 0 Å². The summed E-state index contributed by atoms with van der Waals surface area (Å²) in [6.45, 7) is 0.680. The van der Waals surface area contributed by atoms with Crippen molar-refractivity contribution in [2.45, 2.75) is 81.7 Å². The van der Waals surface area contributed by atoms with Gasteiger partial charge in [0.05, 0.1) is 4.90 Å². The smallest absolute Gasteiger partial charge is 0.261 e. The van der Waals surface area contributed by atoms with Crippen LogP contribution in [0.15, 0.2) is 96.0 Å². The molecule has 8 rings (SSSR count). The van der Waals surface area contributed by atoms with Crippen LogP contribution >= 0.6 is 0 Å². The van der Waals surface area contributed by atoms with Gasteiger partial charge in [0.1, 0.15) is 17.7 Å². The van der Waals surface area contributed by atoms with Crippen molar-refractivity contribution in [3.8, 4) is 22.3 Å². The van der Waals surface area contributed by atoms with Crippen LogP contribution in [-0.4, -0.2) is 66.3 Å². The van der Waals surface area contributed by atoms with Gasteiger partial charge in [-0.2, -0.15) is 0 Å². The Morgan fingerprint density at radius 3 is 2.23 bits per heavy atom. The highest BCUT2D eigenvalue weighted by Crippen LogP contribution is 2.35. The minimum atomic E-state index is -4.20. The highest BCUT2D eigenvalue weighted by Gasteiger charge is 2.40. The van der Waals surface area contributed by atoms with E-state index in [1.54, 1.807) is 48.5 Å². The molecule has 4 aromatic carbocycles. The molecule has 4 heterocycles. The van der Waals surface area contributed by atoms with E-state index >= 15 is 4.39 Å². The zero-order valence-electron chi connectivity index (χ0n) is 35.7. The van der Waals surface area contributed by atoms with Crippen LogP contribution in [-0.2, 0) is 42.2 Å². The molecule has 0 aliphatic carbocycles. The second-order valence-corrected chi connectivity index (χ2v) is 18.1. The summed E-state index contributed by atoms with van der Waals surface area (Å²) in [6.07, 6.45) is 6.65. The Bertz CT molecular complexity index is 2890. The van der Waals surface area contributed by atoms with Crippen molar-refractivity contribution in [3.05, 3.63) is 119 Å². The Labute approximate surface area is 380 Å². The molecule has 1 saturated heterocycles. The molecule has 1 unspecified atom stereocenters. The molecule has 5 aromatic rings. The maximum Gasteiger partial charge on any atom is 0.261 e. The maximum atomic E-state index is 15.6. The standard InChI is InChI=1S/C48H47FN8O8S/c49-39-25-33(16-18-34(39)30-24-37(45(50)52-26-30)28-11-17-35-29(23-28)21-22-51-46(35)61)66(64,65)56-32-14-12-31(13-15-32)53-42(58)9-4-2-1-3-5-10-43(59)54-40-8-6-7-36-38(40)27-57(48(36)63)41-19-20-44(60)55-47(41)62/h6-8,11-18,23-26,41,56H,1-5,9-10,19-22,27H2,(H2,50,52)(H,51,61)(H,53,58)(H,54,59)(H,55,60,62). The molecule has 18 heteroatoms. The van der Waals surface area contributed by atoms with E-state index in [0.29, 0.717) is 70.6 Å². The molecule has 1 fully saturated rings. The lowest BCUT2D eigenvalue weighted by atomic mass is 9.94. The minimum absolute atomic E-state index is 0.123. The number of benzene rings is 4. The Morgan fingerprint density at radius 1 is 0.773 bits per heavy atom. The lowest BCUT2D eigenvalue weighted by Crippen LogP contribution is -2.52. The largest absolute Gasteiger partial charge is 0.383 e. The molecule has 0 radical (unpaired) electrons. The van der Waals surface area contributed by atoms with Crippen molar-refractivity contribution in [1.82, 2.24) is 20.5 Å². The number of amides is 6. The zero-order valence-corrected chi connectivity index (χ0v) is 36.6. The molecule has 6 amide bonds. The number of fused-ring (bicyclic) bond motifs is 2. The van der Waals surface area contributed by atoms with E-state index in [1.165, 1.54) is 35.4 Å². The molecular formula is C48H47FN8O8S. The molecule has 0 bridgehead atoms. The van der Waals surface area contributed by atoms with Crippen molar-refractivity contribution >= 4 is 68.3 Å². The first kappa shape index (κ1) is 45.1. The molecule has 3 aliphatic heterocycles. The number of hydrogen-bond donors (Lipinski definition) is 6. The van der Waals surface area contributed by atoms with Crippen LogP contribution in [0, 0.1) is 5.82 Å². The van der Waals surface area contributed by atoms with Gasteiger partial charge in [-0.25, -0.2) is 17.8 Å². The van der Waals surface area contributed by atoms with Crippen LogP contribution in [0.4, 0.5) is 27.3 Å². The number of anilines is 4. The number of pyridine rings is 1. The van der Waals surface area contributed by atoms with Crippen molar-refractivity contribution < 1.29 is 41.6 Å². The number of imide groups is 1. The summed E-state index contributed by atoms with van der Waals surface area (Å²) >= 11 is 0. The maximum absolute atomic E-state index is 15.6. The van der Waals surface area contributed by atoms with Gasteiger partial charge in [-0.3, -0.25) is 38.8 Å². The second kappa shape index (κ2) is 19.3.